The van der Waals surface area contributed by atoms with Crippen LogP contribution in [0.25, 0.3) is 0 Å². The molecule has 0 aliphatic carbocycles. The van der Waals surface area contributed by atoms with Gasteiger partial charge >= 0.3 is 0 Å². The topological polar surface area (TPSA) is 21.3 Å². The molecule has 1 heterocycles. The molecule has 0 radical (unpaired) electrons. The summed E-state index contributed by atoms with van der Waals surface area (Å²) in [4.78, 5) is 0. The first kappa shape index (κ1) is 12.6. The molecule has 1 aliphatic rings. The Kier molecular flexibility index (Phi) is 4.19. The second kappa shape index (κ2) is 5.65. The Bertz CT molecular complexity index is 338. The van der Waals surface area contributed by atoms with Gasteiger partial charge < -0.3 is 10.1 Å². The lowest BCUT2D eigenvalue weighted by Crippen LogP contribution is -2.42. The van der Waals surface area contributed by atoms with Crippen LogP contribution < -0.4 is 5.32 Å². The highest BCUT2D eigenvalue weighted by Crippen LogP contribution is 2.34. The fraction of sp³-hybridized carbons (Fsp3) is 0.600. The van der Waals surface area contributed by atoms with Crippen molar-refractivity contribution in [3.05, 3.63) is 35.4 Å². The third-order valence-electron chi connectivity index (χ3n) is 3.83. The number of ether oxygens (including phenoxy) is 1. The molecule has 94 valence electrons. The number of nitrogens with one attached hydrogen (secondary N) is 1. The summed E-state index contributed by atoms with van der Waals surface area (Å²) in [7, 11) is 0. The Morgan fingerprint density at radius 3 is 2.41 bits per heavy atom. The smallest absolute Gasteiger partial charge is 0.0475 e. The molecule has 0 spiro atoms. The molecule has 1 N–H and O–H groups in total. The number of aryl methyl sites for hydroxylation is 1. The highest BCUT2D eigenvalue weighted by atomic mass is 16.5. The lowest BCUT2D eigenvalue weighted by Gasteiger charge is -2.38. The van der Waals surface area contributed by atoms with Gasteiger partial charge in [0, 0.05) is 25.2 Å². The van der Waals surface area contributed by atoms with Gasteiger partial charge in [-0.05, 0) is 31.9 Å². The van der Waals surface area contributed by atoms with Gasteiger partial charge in [-0.2, -0.15) is 0 Å². The highest BCUT2D eigenvalue weighted by molar-refractivity contribution is 5.29. The number of rotatable bonds is 4. The van der Waals surface area contributed by atoms with Crippen LogP contribution in [0, 0.1) is 6.92 Å². The largest absolute Gasteiger partial charge is 0.381 e. The molecule has 2 nitrogen and oxygen atoms in total. The van der Waals surface area contributed by atoms with E-state index in [1.165, 1.54) is 11.1 Å². The van der Waals surface area contributed by atoms with Crippen LogP contribution in [0.2, 0.25) is 0 Å². The van der Waals surface area contributed by atoms with Crippen LogP contribution in [0.5, 0.6) is 0 Å². The summed E-state index contributed by atoms with van der Waals surface area (Å²) in [6, 6.07) is 9.02. The quantitative estimate of drug-likeness (QED) is 0.863. The molecular formula is C15H23NO. The van der Waals surface area contributed by atoms with Gasteiger partial charge in [0.2, 0.25) is 0 Å². The summed E-state index contributed by atoms with van der Waals surface area (Å²) in [5, 5.41) is 3.52. The standard InChI is InChI=1S/C15H23NO/c1-3-16-12-15(8-10-17-11-9-15)14-6-4-13(2)5-7-14/h4-7,16H,3,8-12H2,1-2H3. The highest BCUT2D eigenvalue weighted by Gasteiger charge is 2.33. The molecular weight excluding hydrogens is 210 g/mol. The summed E-state index contributed by atoms with van der Waals surface area (Å²) in [6.45, 7) is 8.19. The van der Waals surface area contributed by atoms with Crippen molar-refractivity contribution >= 4 is 0 Å². The Morgan fingerprint density at radius 2 is 1.82 bits per heavy atom. The lowest BCUT2D eigenvalue weighted by atomic mass is 9.74. The van der Waals surface area contributed by atoms with Crippen molar-refractivity contribution in [3.63, 3.8) is 0 Å². The number of hydrogen-bond donors (Lipinski definition) is 1. The first-order chi connectivity index (χ1) is 8.27. The maximum Gasteiger partial charge on any atom is 0.0475 e. The predicted octanol–water partition coefficient (Wildman–Crippen LogP) is 2.65. The van der Waals surface area contributed by atoms with Gasteiger partial charge in [0.1, 0.15) is 0 Å². The summed E-state index contributed by atoms with van der Waals surface area (Å²) >= 11 is 0. The van der Waals surface area contributed by atoms with E-state index < -0.39 is 0 Å². The molecule has 1 aromatic carbocycles. The summed E-state index contributed by atoms with van der Waals surface area (Å²) < 4.78 is 5.52. The molecule has 1 saturated heterocycles. The van der Waals surface area contributed by atoms with E-state index in [9.17, 15) is 0 Å². The van der Waals surface area contributed by atoms with E-state index in [4.69, 9.17) is 4.74 Å². The minimum atomic E-state index is 0.280. The maximum absolute atomic E-state index is 5.52. The third-order valence-corrected chi connectivity index (χ3v) is 3.83. The van der Waals surface area contributed by atoms with E-state index in [1.807, 2.05) is 0 Å². The average Bonchev–Trinajstić information content (AvgIpc) is 2.38. The SMILES string of the molecule is CCNCC1(c2ccc(C)cc2)CCOCC1. The van der Waals surface area contributed by atoms with E-state index in [0.717, 1.165) is 39.1 Å². The second-order valence-corrected chi connectivity index (χ2v) is 5.04. The van der Waals surface area contributed by atoms with Gasteiger partial charge in [-0.1, -0.05) is 36.8 Å². The number of hydrogen-bond acceptors (Lipinski definition) is 2. The molecule has 0 bridgehead atoms. The monoisotopic (exact) mass is 233 g/mol. The molecule has 0 aromatic heterocycles. The van der Waals surface area contributed by atoms with Crippen LogP contribution in [-0.2, 0) is 10.2 Å². The van der Waals surface area contributed by atoms with Crippen molar-refractivity contribution in [3.8, 4) is 0 Å². The maximum atomic E-state index is 5.52. The first-order valence-electron chi connectivity index (χ1n) is 6.62. The van der Waals surface area contributed by atoms with Crippen molar-refractivity contribution in [1.82, 2.24) is 5.32 Å². The van der Waals surface area contributed by atoms with Crippen molar-refractivity contribution in [1.29, 1.82) is 0 Å². The Balaban J connectivity index is 2.21. The fourth-order valence-electron chi connectivity index (χ4n) is 2.60. The summed E-state index contributed by atoms with van der Waals surface area (Å²) in [6.07, 6.45) is 2.26. The Hall–Kier alpha value is -0.860. The Labute approximate surface area is 104 Å². The van der Waals surface area contributed by atoms with E-state index in [2.05, 4.69) is 43.4 Å². The van der Waals surface area contributed by atoms with Crippen LogP contribution in [-0.4, -0.2) is 26.3 Å². The van der Waals surface area contributed by atoms with Gasteiger partial charge in [0.05, 0.1) is 0 Å². The van der Waals surface area contributed by atoms with Crippen LogP contribution >= 0.6 is 0 Å². The normalized spacial score (nSPS) is 19.2. The summed E-state index contributed by atoms with van der Waals surface area (Å²) in [5.74, 6) is 0. The molecule has 0 amide bonds. The minimum Gasteiger partial charge on any atom is -0.381 e. The van der Waals surface area contributed by atoms with E-state index >= 15 is 0 Å². The van der Waals surface area contributed by atoms with Crippen LogP contribution in [0.15, 0.2) is 24.3 Å². The fourth-order valence-corrected chi connectivity index (χ4v) is 2.60. The van der Waals surface area contributed by atoms with Crippen LogP contribution in [0.3, 0.4) is 0 Å². The molecule has 1 fully saturated rings. The number of likely N-dealkylation sites (N-methyl/N-ethyl adjacent to an activating group) is 1. The van der Waals surface area contributed by atoms with Crippen molar-refractivity contribution in [2.75, 3.05) is 26.3 Å². The molecule has 2 heteroatoms. The predicted molar refractivity (Wildman–Crippen MR) is 71.5 cm³/mol. The molecule has 0 saturated carbocycles. The van der Waals surface area contributed by atoms with Crippen LogP contribution in [0.4, 0.5) is 0 Å². The minimum absolute atomic E-state index is 0.280. The van der Waals surface area contributed by atoms with E-state index in [-0.39, 0.29) is 5.41 Å². The zero-order valence-corrected chi connectivity index (χ0v) is 11.0. The average molecular weight is 233 g/mol. The van der Waals surface area contributed by atoms with Gasteiger partial charge in [0.25, 0.3) is 0 Å². The van der Waals surface area contributed by atoms with Gasteiger partial charge in [-0.3, -0.25) is 0 Å². The molecule has 0 unspecified atom stereocenters. The van der Waals surface area contributed by atoms with Crippen LogP contribution in [0.1, 0.15) is 30.9 Å². The van der Waals surface area contributed by atoms with Crippen molar-refractivity contribution < 1.29 is 4.74 Å². The number of benzene rings is 1. The molecule has 1 aliphatic heterocycles. The van der Waals surface area contributed by atoms with Gasteiger partial charge in [-0.25, -0.2) is 0 Å². The zero-order chi connectivity index (χ0) is 12.1. The summed E-state index contributed by atoms with van der Waals surface area (Å²) in [5.41, 5.74) is 3.08. The van der Waals surface area contributed by atoms with E-state index in [1.54, 1.807) is 0 Å². The Morgan fingerprint density at radius 1 is 1.18 bits per heavy atom. The third kappa shape index (κ3) is 2.88. The van der Waals surface area contributed by atoms with Crippen molar-refractivity contribution in [2.45, 2.75) is 32.1 Å². The van der Waals surface area contributed by atoms with E-state index in [0.29, 0.717) is 0 Å². The van der Waals surface area contributed by atoms with Gasteiger partial charge in [0.15, 0.2) is 0 Å². The first-order valence-corrected chi connectivity index (χ1v) is 6.62. The lowest BCUT2D eigenvalue weighted by molar-refractivity contribution is 0.0501. The second-order valence-electron chi connectivity index (χ2n) is 5.04. The molecule has 0 atom stereocenters. The van der Waals surface area contributed by atoms with Gasteiger partial charge in [-0.15, -0.1) is 0 Å². The zero-order valence-electron chi connectivity index (χ0n) is 11.0. The van der Waals surface area contributed by atoms with Crippen molar-refractivity contribution in [2.24, 2.45) is 0 Å². The molecule has 17 heavy (non-hydrogen) atoms. The molecule has 2 rings (SSSR count). The molecule has 1 aromatic rings.